The van der Waals surface area contributed by atoms with Gasteiger partial charge in [0.15, 0.2) is 0 Å². The Kier molecular flexibility index (Phi) is 4.15. The molecule has 1 heterocycles. The Bertz CT molecular complexity index is 410. The summed E-state index contributed by atoms with van der Waals surface area (Å²) >= 11 is 6.23. The number of nitrogens with zero attached hydrogens (tertiary/aromatic N) is 2. The van der Waals surface area contributed by atoms with Gasteiger partial charge in [0.05, 0.1) is 0 Å². The molecule has 3 nitrogen and oxygen atoms in total. The molecule has 1 aliphatic rings. The van der Waals surface area contributed by atoms with Crippen molar-refractivity contribution in [3.63, 3.8) is 0 Å². The molecular weight excluding hydrogens is 246 g/mol. The fourth-order valence-corrected chi connectivity index (χ4v) is 2.77. The van der Waals surface area contributed by atoms with E-state index in [4.69, 9.17) is 17.3 Å². The fraction of sp³-hybridized carbons (Fsp3) is 0.571. The van der Waals surface area contributed by atoms with E-state index in [0.29, 0.717) is 18.6 Å². The molecule has 2 atom stereocenters. The molecule has 0 aliphatic carbocycles. The van der Waals surface area contributed by atoms with Gasteiger partial charge in [-0.05, 0) is 38.6 Å². The lowest BCUT2D eigenvalue weighted by atomic mass is 10.1. The van der Waals surface area contributed by atoms with E-state index in [1.807, 2.05) is 12.1 Å². The van der Waals surface area contributed by atoms with Crippen LogP contribution in [0, 0.1) is 0 Å². The van der Waals surface area contributed by atoms with Crippen molar-refractivity contribution in [2.45, 2.75) is 32.5 Å². The van der Waals surface area contributed by atoms with Gasteiger partial charge in [-0.1, -0.05) is 17.7 Å². The van der Waals surface area contributed by atoms with Crippen molar-refractivity contribution in [3.8, 4) is 0 Å². The molecule has 1 aromatic rings. The predicted molar refractivity (Wildman–Crippen MR) is 78.2 cm³/mol. The van der Waals surface area contributed by atoms with Gasteiger partial charge in [0.1, 0.15) is 0 Å². The smallest absolute Gasteiger partial charge is 0.0471 e. The number of piperazine rings is 1. The first kappa shape index (κ1) is 13.7. The van der Waals surface area contributed by atoms with E-state index in [-0.39, 0.29) is 0 Å². The number of nitrogens with two attached hydrogens (primary N) is 1. The van der Waals surface area contributed by atoms with Gasteiger partial charge in [0, 0.05) is 42.4 Å². The number of halogens is 1. The maximum Gasteiger partial charge on any atom is 0.0471 e. The van der Waals surface area contributed by atoms with E-state index >= 15 is 0 Å². The average Bonchev–Trinajstić information content (AvgIpc) is 2.35. The van der Waals surface area contributed by atoms with E-state index in [1.54, 1.807) is 0 Å². The second kappa shape index (κ2) is 5.47. The lowest BCUT2D eigenvalue weighted by Crippen LogP contribution is -2.55. The molecular formula is C14H22ClN3. The van der Waals surface area contributed by atoms with Crippen molar-refractivity contribution in [2.75, 3.05) is 25.0 Å². The van der Waals surface area contributed by atoms with Gasteiger partial charge < -0.3 is 10.6 Å². The topological polar surface area (TPSA) is 32.5 Å². The molecule has 4 heteroatoms. The van der Waals surface area contributed by atoms with Crippen LogP contribution in [-0.2, 0) is 6.54 Å². The van der Waals surface area contributed by atoms with Gasteiger partial charge in [-0.25, -0.2) is 0 Å². The third-order valence-electron chi connectivity index (χ3n) is 3.98. The van der Waals surface area contributed by atoms with Crippen LogP contribution in [0.4, 0.5) is 5.69 Å². The van der Waals surface area contributed by atoms with Crippen LogP contribution in [0.1, 0.15) is 19.4 Å². The highest BCUT2D eigenvalue weighted by molar-refractivity contribution is 6.31. The maximum atomic E-state index is 6.23. The van der Waals surface area contributed by atoms with Crippen molar-refractivity contribution in [2.24, 2.45) is 5.73 Å². The van der Waals surface area contributed by atoms with Crippen LogP contribution in [0.3, 0.4) is 0 Å². The molecule has 0 aromatic heterocycles. The first-order valence-electron chi connectivity index (χ1n) is 6.48. The Balaban J connectivity index is 2.19. The highest BCUT2D eigenvalue weighted by Crippen LogP contribution is 2.26. The number of hydrogen-bond donors (Lipinski definition) is 1. The molecule has 2 rings (SSSR count). The normalized spacial score (nSPS) is 25.5. The first-order valence-corrected chi connectivity index (χ1v) is 6.86. The molecule has 0 bridgehead atoms. The summed E-state index contributed by atoms with van der Waals surface area (Å²) in [5, 5.41) is 0.772. The van der Waals surface area contributed by atoms with Crippen LogP contribution < -0.4 is 10.6 Å². The van der Waals surface area contributed by atoms with Crippen LogP contribution in [-0.4, -0.2) is 37.1 Å². The standard InChI is InChI=1S/C14H22ClN3/c1-10-8-18(9-11(2)17(10)3)13-5-4-12(7-16)14(15)6-13/h4-6,10-11H,7-9,16H2,1-3H3. The summed E-state index contributed by atoms with van der Waals surface area (Å²) < 4.78 is 0. The highest BCUT2D eigenvalue weighted by Gasteiger charge is 2.26. The van der Waals surface area contributed by atoms with E-state index in [0.717, 1.165) is 23.7 Å². The molecule has 1 aliphatic heterocycles. The third kappa shape index (κ3) is 2.63. The molecule has 100 valence electrons. The molecule has 2 N–H and O–H groups in total. The Morgan fingerprint density at radius 1 is 1.28 bits per heavy atom. The Hall–Kier alpha value is -0.770. The SMILES string of the molecule is CC1CN(c2ccc(CN)c(Cl)c2)CC(C)N1C. The van der Waals surface area contributed by atoms with Crippen LogP contribution in [0.25, 0.3) is 0 Å². The summed E-state index contributed by atoms with van der Waals surface area (Å²) in [6, 6.07) is 7.31. The van der Waals surface area contributed by atoms with Gasteiger partial charge in [-0.2, -0.15) is 0 Å². The van der Waals surface area contributed by atoms with Crippen molar-refractivity contribution in [1.29, 1.82) is 0 Å². The minimum absolute atomic E-state index is 0.495. The van der Waals surface area contributed by atoms with Crippen LogP contribution in [0.5, 0.6) is 0 Å². The quantitative estimate of drug-likeness (QED) is 0.893. The molecule has 0 saturated carbocycles. The van der Waals surface area contributed by atoms with Gasteiger partial charge >= 0.3 is 0 Å². The maximum absolute atomic E-state index is 6.23. The molecule has 0 amide bonds. The zero-order valence-electron chi connectivity index (χ0n) is 11.4. The summed E-state index contributed by atoms with van der Waals surface area (Å²) in [6.45, 7) is 7.10. The van der Waals surface area contributed by atoms with Gasteiger partial charge in [-0.15, -0.1) is 0 Å². The molecule has 18 heavy (non-hydrogen) atoms. The van der Waals surface area contributed by atoms with Crippen LogP contribution in [0.2, 0.25) is 5.02 Å². The van der Waals surface area contributed by atoms with Crippen molar-refractivity contribution < 1.29 is 0 Å². The number of hydrogen-bond acceptors (Lipinski definition) is 3. The first-order chi connectivity index (χ1) is 8.52. The van der Waals surface area contributed by atoms with Crippen molar-refractivity contribution >= 4 is 17.3 Å². The van der Waals surface area contributed by atoms with E-state index in [2.05, 4.69) is 36.8 Å². The zero-order valence-corrected chi connectivity index (χ0v) is 12.1. The summed E-state index contributed by atoms with van der Waals surface area (Å²) in [6.07, 6.45) is 0. The molecule has 1 saturated heterocycles. The molecule has 0 radical (unpaired) electrons. The van der Waals surface area contributed by atoms with E-state index < -0.39 is 0 Å². The van der Waals surface area contributed by atoms with Crippen LogP contribution >= 0.6 is 11.6 Å². The number of likely N-dealkylation sites (N-methyl/N-ethyl adjacent to an activating group) is 1. The Morgan fingerprint density at radius 3 is 2.39 bits per heavy atom. The number of rotatable bonds is 2. The van der Waals surface area contributed by atoms with Crippen molar-refractivity contribution in [1.82, 2.24) is 4.90 Å². The molecule has 1 fully saturated rings. The zero-order chi connectivity index (χ0) is 13.3. The monoisotopic (exact) mass is 267 g/mol. The second-order valence-electron chi connectivity index (χ2n) is 5.25. The average molecular weight is 268 g/mol. The highest BCUT2D eigenvalue weighted by atomic mass is 35.5. The van der Waals surface area contributed by atoms with Gasteiger partial charge in [0.2, 0.25) is 0 Å². The molecule has 1 aromatic carbocycles. The van der Waals surface area contributed by atoms with Crippen molar-refractivity contribution in [3.05, 3.63) is 28.8 Å². The predicted octanol–water partition coefficient (Wildman–Crippen LogP) is 2.33. The largest absolute Gasteiger partial charge is 0.368 e. The van der Waals surface area contributed by atoms with E-state index in [1.165, 1.54) is 5.69 Å². The minimum atomic E-state index is 0.495. The lowest BCUT2D eigenvalue weighted by Gasteiger charge is -2.43. The Morgan fingerprint density at radius 2 is 1.89 bits per heavy atom. The summed E-state index contributed by atoms with van der Waals surface area (Å²) in [7, 11) is 2.19. The summed E-state index contributed by atoms with van der Waals surface area (Å²) in [4.78, 5) is 4.83. The van der Waals surface area contributed by atoms with Gasteiger partial charge in [0.25, 0.3) is 0 Å². The minimum Gasteiger partial charge on any atom is -0.368 e. The van der Waals surface area contributed by atoms with E-state index in [9.17, 15) is 0 Å². The second-order valence-corrected chi connectivity index (χ2v) is 5.66. The number of anilines is 1. The number of benzene rings is 1. The van der Waals surface area contributed by atoms with Crippen LogP contribution in [0.15, 0.2) is 18.2 Å². The third-order valence-corrected chi connectivity index (χ3v) is 4.33. The van der Waals surface area contributed by atoms with Gasteiger partial charge in [-0.3, -0.25) is 4.90 Å². The fourth-order valence-electron chi connectivity index (χ4n) is 2.51. The summed E-state index contributed by atoms with van der Waals surface area (Å²) in [5.74, 6) is 0. The Labute approximate surface area is 115 Å². The summed E-state index contributed by atoms with van der Waals surface area (Å²) in [5.41, 5.74) is 7.84. The lowest BCUT2D eigenvalue weighted by molar-refractivity contribution is 0.170. The molecule has 2 unspecified atom stereocenters. The molecule has 0 spiro atoms.